The maximum atomic E-state index is 10.1. The molecule has 0 spiro atoms. The predicted octanol–water partition coefficient (Wildman–Crippen LogP) is 1.34. The molecule has 0 aliphatic carbocycles. The first-order valence-corrected chi connectivity index (χ1v) is 5.08. The standard InChI is InChI=1S/C10H20O3/c1-3-5-12-8-10(11)4-6-13-9(2)7-10/h9,11H,3-8H2,1-2H3. The first-order valence-electron chi connectivity index (χ1n) is 5.08. The zero-order chi connectivity index (χ0) is 9.73. The molecule has 13 heavy (non-hydrogen) atoms. The van der Waals surface area contributed by atoms with E-state index >= 15 is 0 Å². The van der Waals surface area contributed by atoms with E-state index in [1.807, 2.05) is 6.92 Å². The van der Waals surface area contributed by atoms with Crippen LogP contribution in [0.5, 0.6) is 0 Å². The molecule has 0 aromatic heterocycles. The van der Waals surface area contributed by atoms with Crippen LogP contribution in [0.4, 0.5) is 0 Å². The Kier molecular flexibility index (Phi) is 4.16. The summed E-state index contributed by atoms with van der Waals surface area (Å²) in [5, 5.41) is 10.1. The Hall–Kier alpha value is -0.120. The van der Waals surface area contributed by atoms with Gasteiger partial charge in [0.15, 0.2) is 0 Å². The molecule has 3 nitrogen and oxygen atoms in total. The van der Waals surface area contributed by atoms with E-state index in [0.29, 0.717) is 26.1 Å². The molecule has 1 rings (SSSR count). The number of ether oxygens (including phenoxy) is 2. The minimum Gasteiger partial charge on any atom is -0.387 e. The predicted molar refractivity (Wildman–Crippen MR) is 50.7 cm³/mol. The molecular formula is C10H20O3. The molecule has 3 heteroatoms. The van der Waals surface area contributed by atoms with Crippen LogP contribution in [0.15, 0.2) is 0 Å². The van der Waals surface area contributed by atoms with Gasteiger partial charge in [0, 0.05) is 26.1 Å². The highest BCUT2D eigenvalue weighted by Crippen LogP contribution is 2.24. The van der Waals surface area contributed by atoms with Gasteiger partial charge >= 0.3 is 0 Å². The fourth-order valence-electron chi connectivity index (χ4n) is 1.68. The van der Waals surface area contributed by atoms with Crippen LogP contribution in [0.1, 0.15) is 33.1 Å². The van der Waals surface area contributed by atoms with Crippen LogP contribution in [0, 0.1) is 0 Å². The minimum absolute atomic E-state index is 0.156. The number of hydrogen-bond donors (Lipinski definition) is 1. The first kappa shape index (κ1) is 11.0. The van der Waals surface area contributed by atoms with Crippen molar-refractivity contribution in [2.75, 3.05) is 19.8 Å². The number of rotatable bonds is 4. The van der Waals surface area contributed by atoms with Crippen LogP contribution in [0.3, 0.4) is 0 Å². The van der Waals surface area contributed by atoms with Gasteiger partial charge in [-0.25, -0.2) is 0 Å². The Morgan fingerprint density at radius 1 is 1.62 bits per heavy atom. The van der Waals surface area contributed by atoms with Crippen molar-refractivity contribution < 1.29 is 14.6 Å². The van der Waals surface area contributed by atoms with Crippen LogP contribution in [-0.4, -0.2) is 36.6 Å². The summed E-state index contributed by atoms with van der Waals surface area (Å²) in [4.78, 5) is 0. The van der Waals surface area contributed by atoms with Gasteiger partial charge < -0.3 is 14.6 Å². The molecule has 1 saturated heterocycles. The van der Waals surface area contributed by atoms with Gasteiger partial charge in [-0.3, -0.25) is 0 Å². The zero-order valence-corrected chi connectivity index (χ0v) is 8.58. The van der Waals surface area contributed by atoms with E-state index in [0.717, 1.165) is 13.0 Å². The summed E-state index contributed by atoms with van der Waals surface area (Å²) < 4.78 is 10.7. The second-order valence-corrected chi connectivity index (χ2v) is 3.91. The SMILES string of the molecule is CCCOCC1(O)CCOC(C)C1. The highest BCUT2D eigenvalue weighted by molar-refractivity contribution is 4.84. The van der Waals surface area contributed by atoms with Gasteiger partial charge in [-0.05, 0) is 13.3 Å². The topological polar surface area (TPSA) is 38.7 Å². The normalized spacial score (nSPS) is 34.8. The number of hydrogen-bond acceptors (Lipinski definition) is 3. The van der Waals surface area contributed by atoms with Gasteiger partial charge in [0.25, 0.3) is 0 Å². The molecular weight excluding hydrogens is 168 g/mol. The Morgan fingerprint density at radius 2 is 2.38 bits per heavy atom. The third-order valence-electron chi connectivity index (χ3n) is 2.36. The smallest absolute Gasteiger partial charge is 0.0926 e. The second-order valence-electron chi connectivity index (χ2n) is 3.91. The number of aliphatic hydroxyl groups is 1. The van der Waals surface area contributed by atoms with Crippen molar-refractivity contribution in [2.45, 2.75) is 44.8 Å². The molecule has 0 bridgehead atoms. The average Bonchev–Trinajstić information content (AvgIpc) is 2.04. The summed E-state index contributed by atoms with van der Waals surface area (Å²) in [6, 6.07) is 0. The van der Waals surface area contributed by atoms with Crippen LogP contribution in [0.25, 0.3) is 0 Å². The van der Waals surface area contributed by atoms with Crippen LogP contribution in [-0.2, 0) is 9.47 Å². The van der Waals surface area contributed by atoms with Gasteiger partial charge in [0.2, 0.25) is 0 Å². The Morgan fingerprint density at radius 3 is 3.00 bits per heavy atom. The van der Waals surface area contributed by atoms with Crippen molar-refractivity contribution in [2.24, 2.45) is 0 Å². The van der Waals surface area contributed by atoms with Gasteiger partial charge in [0.1, 0.15) is 0 Å². The Balaban J connectivity index is 2.27. The summed E-state index contributed by atoms with van der Waals surface area (Å²) in [6.45, 7) is 5.89. The molecule has 0 radical (unpaired) electrons. The van der Waals surface area contributed by atoms with E-state index in [1.165, 1.54) is 0 Å². The summed E-state index contributed by atoms with van der Waals surface area (Å²) in [5.74, 6) is 0. The molecule has 2 atom stereocenters. The van der Waals surface area contributed by atoms with Crippen molar-refractivity contribution in [1.29, 1.82) is 0 Å². The molecule has 1 fully saturated rings. The lowest BCUT2D eigenvalue weighted by Crippen LogP contribution is -2.43. The molecule has 1 heterocycles. The minimum atomic E-state index is -0.646. The third-order valence-corrected chi connectivity index (χ3v) is 2.36. The largest absolute Gasteiger partial charge is 0.387 e. The lowest BCUT2D eigenvalue weighted by Gasteiger charge is -2.35. The maximum Gasteiger partial charge on any atom is 0.0926 e. The Bertz CT molecular complexity index is 149. The van der Waals surface area contributed by atoms with E-state index in [2.05, 4.69) is 6.92 Å². The van der Waals surface area contributed by atoms with E-state index < -0.39 is 5.60 Å². The Labute approximate surface area is 80.0 Å². The third kappa shape index (κ3) is 3.63. The molecule has 1 N–H and O–H groups in total. The molecule has 1 aliphatic rings. The van der Waals surface area contributed by atoms with E-state index in [9.17, 15) is 5.11 Å². The summed E-state index contributed by atoms with van der Waals surface area (Å²) in [6.07, 6.45) is 2.55. The van der Waals surface area contributed by atoms with Crippen LogP contribution >= 0.6 is 0 Å². The molecule has 1 aliphatic heterocycles. The quantitative estimate of drug-likeness (QED) is 0.677. The van der Waals surface area contributed by atoms with Crippen molar-refractivity contribution in [3.63, 3.8) is 0 Å². The van der Waals surface area contributed by atoms with Crippen molar-refractivity contribution in [3.8, 4) is 0 Å². The molecule has 78 valence electrons. The van der Waals surface area contributed by atoms with Crippen molar-refractivity contribution in [1.82, 2.24) is 0 Å². The zero-order valence-electron chi connectivity index (χ0n) is 8.58. The van der Waals surface area contributed by atoms with Crippen LogP contribution < -0.4 is 0 Å². The van der Waals surface area contributed by atoms with E-state index in [4.69, 9.17) is 9.47 Å². The summed E-state index contributed by atoms with van der Waals surface area (Å²) in [7, 11) is 0. The monoisotopic (exact) mass is 188 g/mol. The van der Waals surface area contributed by atoms with Crippen molar-refractivity contribution in [3.05, 3.63) is 0 Å². The molecule has 2 unspecified atom stereocenters. The van der Waals surface area contributed by atoms with E-state index in [1.54, 1.807) is 0 Å². The van der Waals surface area contributed by atoms with Gasteiger partial charge in [0.05, 0.1) is 18.3 Å². The summed E-state index contributed by atoms with van der Waals surface area (Å²) in [5.41, 5.74) is -0.646. The summed E-state index contributed by atoms with van der Waals surface area (Å²) >= 11 is 0. The van der Waals surface area contributed by atoms with Crippen molar-refractivity contribution >= 4 is 0 Å². The molecule has 0 amide bonds. The highest BCUT2D eigenvalue weighted by atomic mass is 16.5. The molecule has 0 saturated carbocycles. The van der Waals surface area contributed by atoms with E-state index in [-0.39, 0.29) is 6.10 Å². The fraction of sp³-hybridized carbons (Fsp3) is 1.00. The van der Waals surface area contributed by atoms with Gasteiger partial charge in [-0.15, -0.1) is 0 Å². The molecule has 0 aromatic carbocycles. The lowest BCUT2D eigenvalue weighted by atomic mass is 9.92. The van der Waals surface area contributed by atoms with Gasteiger partial charge in [-0.1, -0.05) is 6.92 Å². The fourth-order valence-corrected chi connectivity index (χ4v) is 1.68. The highest BCUT2D eigenvalue weighted by Gasteiger charge is 2.33. The van der Waals surface area contributed by atoms with Gasteiger partial charge in [-0.2, -0.15) is 0 Å². The van der Waals surface area contributed by atoms with Crippen LogP contribution in [0.2, 0.25) is 0 Å². The lowest BCUT2D eigenvalue weighted by molar-refractivity contribution is -0.130. The second kappa shape index (κ2) is 4.94. The first-order chi connectivity index (χ1) is 6.16. The molecule has 0 aromatic rings. The average molecular weight is 188 g/mol. The maximum absolute atomic E-state index is 10.1.